The van der Waals surface area contributed by atoms with Crippen molar-refractivity contribution in [3.63, 3.8) is 0 Å². The van der Waals surface area contributed by atoms with Crippen LogP contribution in [0.2, 0.25) is 10.0 Å². The fourth-order valence-corrected chi connectivity index (χ4v) is 2.63. The predicted molar refractivity (Wildman–Crippen MR) is 85.9 cm³/mol. The molecular formula is C16H10Cl2N2O. The summed E-state index contributed by atoms with van der Waals surface area (Å²) in [6, 6.07) is 11.3. The van der Waals surface area contributed by atoms with Crippen LogP contribution >= 0.6 is 23.2 Å². The summed E-state index contributed by atoms with van der Waals surface area (Å²) in [5.74, 6) is 3.46. The zero-order chi connectivity index (χ0) is 14.8. The zero-order valence-corrected chi connectivity index (χ0v) is 12.4. The van der Waals surface area contributed by atoms with Gasteiger partial charge in [0, 0.05) is 5.56 Å². The van der Waals surface area contributed by atoms with Crippen LogP contribution in [0.4, 0.5) is 0 Å². The summed E-state index contributed by atoms with van der Waals surface area (Å²) < 4.78 is 5.34. The Balaban J connectivity index is 2.05. The number of H-pyrrole nitrogens is 1. The molecule has 0 radical (unpaired) electrons. The van der Waals surface area contributed by atoms with E-state index in [4.69, 9.17) is 34.4 Å². The van der Waals surface area contributed by atoms with E-state index in [0.29, 0.717) is 21.6 Å². The molecular weight excluding hydrogens is 307 g/mol. The number of para-hydroxylation sites is 2. The molecule has 0 spiro atoms. The minimum absolute atomic E-state index is 0.115. The van der Waals surface area contributed by atoms with Gasteiger partial charge in [-0.1, -0.05) is 41.3 Å². The molecule has 0 aliphatic carbocycles. The van der Waals surface area contributed by atoms with Gasteiger partial charge >= 0.3 is 0 Å². The topological polar surface area (TPSA) is 37.9 Å². The molecule has 0 amide bonds. The fourth-order valence-electron chi connectivity index (χ4n) is 2.04. The molecule has 0 unspecified atom stereocenters. The van der Waals surface area contributed by atoms with Crippen molar-refractivity contribution in [2.75, 3.05) is 6.61 Å². The van der Waals surface area contributed by atoms with Gasteiger partial charge in [0.2, 0.25) is 0 Å². The Hall–Kier alpha value is -2.15. The smallest absolute Gasteiger partial charge is 0.157 e. The minimum atomic E-state index is 0.115. The molecule has 104 valence electrons. The van der Waals surface area contributed by atoms with Crippen LogP contribution in [0.1, 0.15) is 0 Å². The second kappa shape index (κ2) is 5.69. The number of benzene rings is 2. The highest BCUT2D eigenvalue weighted by atomic mass is 35.5. The summed E-state index contributed by atoms with van der Waals surface area (Å²) in [5, 5.41) is 0.793. The van der Waals surface area contributed by atoms with E-state index >= 15 is 0 Å². The maximum Gasteiger partial charge on any atom is 0.157 e. The van der Waals surface area contributed by atoms with Crippen molar-refractivity contribution in [2.24, 2.45) is 0 Å². The number of terminal acetylenes is 1. The normalized spacial score (nSPS) is 10.5. The first-order chi connectivity index (χ1) is 10.2. The Morgan fingerprint density at radius 3 is 2.57 bits per heavy atom. The summed E-state index contributed by atoms with van der Waals surface area (Å²) in [4.78, 5) is 7.74. The molecule has 21 heavy (non-hydrogen) atoms. The van der Waals surface area contributed by atoms with Gasteiger partial charge in [-0.15, -0.1) is 6.42 Å². The molecule has 0 aliphatic rings. The molecule has 1 heterocycles. The first kappa shape index (κ1) is 13.8. The fraction of sp³-hybridized carbons (Fsp3) is 0.0625. The minimum Gasteiger partial charge on any atom is -0.478 e. The molecule has 0 aliphatic heterocycles. The number of nitrogens with zero attached hydrogens (tertiary/aromatic N) is 1. The molecule has 0 saturated carbocycles. The van der Waals surface area contributed by atoms with Gasteiger partial charge < -0.3 is 9.72 Å². The van der Waals surface area contributed by atoms with E-state index < -0.39 is 0 Å². The number of hydrogen-bond donors (Lipinski definition) is 1. The number of imidazole rings is 1. The molecule has 2 aromatic carbocycles. The van der Waals surface area contributed by atoms with Crippen LogP contribution in [0.25, 0.3) is 22.4 Å². The van der Waals surface area contributed by atoms with Crippen LogP contribution < -0.4 is 4.74 Å². The number of nitrogens with one attached hydrogen (secondary N) is 1. The van der Waals surface area contributed by atoms with Crippen molar-refractivity contribution in [1.82, 2.24) is 9.97 Å². The summed E-state index contributed by atoms with van der Waals surface area (Å²) in [6.07, 6.45) is 5.16. The van der Waals surface area contributed by atoms with E-state index in [2.05, 4.69) is 15.9 Å². The predicted octanol–water partition coefficient (Wildman–Crippen LogP) is 4.55. The van der Waals surface area contributed by atoms with Gasteiger partial charge in [0.1, 0.15) is 12.4 Å². The van der Waals surface area contributed by atoms with E-state index in [0.717, 1.165) is 16.6 Å². The van der Waals surface area contributed by atoms with E-state index in [1.807, 2.05) is 24.3 Å². The van der Waals surface area contributed by atoms with Crippen molar-refractivity contribution >= 4 is 34.2 Å². The standard InChI is InChI=1S/C16H10Cl2N2O/c1-2-7-21-15-11(17)8-10(9-12(15)18)16-19-13-5-3-4-6-14(13)20-16/h1,3-6,8-9H,7H2,(H,19,20). The lowest BCUT2D eigenvalue weighted by Crippen LogP contribution is -1.95. The molecule has 0 fully saturated rings. The second-order valence-electron chi connectivity index (χ2n) is 4.36. The highest BCUT2D eigenvalue weighted by molar-refractivity contribution is 6.37. The van der Waals surface area contributed by atoms with Crippen LogP contribution in [0.3, 0.4) is 0 Å². The van der Waals surface area contributed by atoms with Gasteiger partial charge in [-0.25, -0.2) is 4.98 Å². The second-order valence-corrected chi connectivity index (χ2v) is 5.18. The molecule has 0 atom stereocenters. The molecule has 3 nitrogen and oxygen atoms in total. The van der Waals surface area contributed by atoms with Crippen molar-refractivity contribution in [2.45, 2.75) is 0 Å². The molecule has 3 aromatic rings. The average Bonchev–Trinajstić information content (AvgIpc) is 2.90. The largest absolute Gasteiger partial charge is 0.478 e. The third kappa shape index (κ3) is 2.69. The van der Waals surface area contributed by atoms with Crippen molar-refractivity contribution in [1.29, 1.82) is 0 Å². The molecule has 1 N–H and O–H groups in total. The SMILES string of the molecule is C#CCOc1c(Cl)cc(-c2nc3ccccc3[nH]2)cc1Cl. The number of aromatic amines is 1. The van der Waals surface area contributed by atoms with Gasteiger partial charge in [0.15, 0.2) is 5.75 Å². The molecule has 0 bridgehead atoms. The third-order valence-corrected chi connectivity index (χ3v) is 3.52. The number of halogens is 2. The summed E-state index contributed by atoms with van der Waals surface area (Å²) in [5.41, 5.74) is 2.62. The van der Waals surface area contributed by atoms with Crippen molar-refractivity contribution < 1.29 is 4.74 Å². The van der Waals surface area contributed by atoms with E-state index in [9.17, 15) is 0 Å². The molecule has 3 rings (SSSR count). The van der Waals surface area contributed by atoms with Crippen LogP contribution in [0.5, 0.6) is 5.75 Å². The Labute approximate surface area is 131 Å². The van der Waals surface area contributed by atoms with Crippen LogP contribution in [0, 0.1) is 12.3 Å². The maximum atomic E-state index is 6.20. The highest BCUT2D eigenvalue weighted by Gasteiger charge is 2.13. The summed E-state index contributed by atoms with van der Waals surface area (Å²) >= 11 is 12.4. The quantitative estimate of drug-likeness (QED) is 0.720. The summed E-state index contributed by atoms with van der Waals surface area (Å²) in [6.45, 7) is 0.115. The van der Waals surface area contributed by atoms with E-state index in [1.165, 1.54) is 0 Å². The lowest BCUT2D eigenvalue weighted by atomic mass is 10.2. The number of ether oxygens (including phenoxy) is 1. The number of fused-ring (bicyclic) bond motifs is 1. The van der Waals surface area contributed by atoms with E-state index in [1.54, 1.807) is 12.1 Å². The molecule has 1 aromatic heterocycles. The highest BCUT2D eigenvalue weighted by Crippen LogP contribution is 2.37. The van der Waals surface area contributed by atoms with Crippen molar-refractivity contribution in [3.05, 3.63) is 46.4 Å². The lowest BCUT2D eigenvalue weighted by Gasteiger charge is -2.08. The first-order valence-electron chi connectivity index (χ1n) is 6.19. The zero-order valence-electron chi connectivity index (χ0n) is 10.9. The van der Waals surface area contributed by atoms with Crippen molar-refractivity contribution in [3.8, 4) is 29.5 Å². The van der Waals surface area contributed by atoms with Gasteiger partial charge in [0.05, 0.1) is 21.1 Å². The lowest BCUT2D eigenvalue weighted by molar-refractivity contribution is 0.371. The first-order valence-corrected chi connectivity index (χ1v) is 6.95. The van der Waals surface area contributed by atoms with Gasteiger partial charge in [-0.2, -0.15) is 0 Å². The Morgan fingerprint density at radius 1 is 1.19 bits per heavy atom. The number of aromatic nitrogens is 2. The molecule has 5 heteroatoms. The van der Waals surface area contributed by atoms with Crippen LogP contribution in [-0.4, -0.2) is 16.6 Å². The van der Waals surface area contributed by atoms with Crippen LogP contribution in [-0.2, 0) is 0 Å². The molecule has 0 saturated heterocycles. The Bertz CT molecular complexity index is 793. The average molecular weight is 317 g/mol. The maximum absolute atomic E-state index is 6.20. The monoisotopic (exact) mass is 316 g/mol. The Morgan fingerprint density at radius 2 is 1.90 bits per heavy atom. The Kier molecular flexibility index (Phi) is 3.74. The number of hydrogen-bond acceptors (Lipinski definition) is 2. The summed E-state index contributed by atoms with van der Waals surface area (Å²) in [7, 11) is 0. The van der Waals surface area contributed by atoms with Crippen LogP contribution in [0.15, 0.2) is 36.4 Å². The van der Waals surface area contributed by atoms with Gasteiger partial charge in [-0.3, -0.25) is 0 Å². The van der Waals surface area contributed by atoms with Gasteiger partial charge in [0.25, 0.3) is 0 Å². The number of rotatable bonds is 3. The third-order valence-electron chi connectivity index (χ3n) is 2.96. The van der Waals surface area contributed by atoms with E-state index in [-0.39, 0.29) is 6.61 Å². The van der Waals surface area contributed by atoms with Gasteiger partial charge in [-0.05, 0) is 24.3 Å².